The van der Waals surface area contributed by atoms with Gasteiger partial charge in [-0.15, -0.1) is 11.8 Å². The van der Waals surface area contributed by atoms with Crippen LogP contribution in [0, 0.1) is 5.92 Å². The first-order chi connectivity index (χ1) is 12.7. The molecule has 0 unspecified atom stereocenters. The molecule has 1 fully saturated rings. The number of hydrogen-bond acceptors (Lipinski definition) is 3. The van der Waals surface area contributed by atoms with Crippen molar-refractivity contribution in [2.24, 2.45) is 5.92 Å². The Hall–Kier alpha value is -1.94. The van der Waals surface area contributed by atoms with E-state index in [9.17, 15) is 4.79 Å². The van der Waals surface area contributed by atoms with Gasteiger partial charge >= 0.3 is 0 Å². The molecule has 0 radical (unpaired) electrons. The summed E-state index contributed by atoms with van der Waals surface area (Å²) in [5, 5.41) is 0. The summed E-state index contributed by atoms with van der Waals surface area (Å²) in [5.41, 5.74) is 2.64. The van der Waals surface area contributed by atoms with Crippen LogP contribution < -0.4 is 4.74 Å². The van der Waals surface area contributed by atoms with Crippen LogP contribution in [0.1, 0.15) is 24.0 Å². The van der Waals surface area contributed by atoms with E-state index in [1.807, 2.05) is 17.0 Å². The summed E-state index contributed by atoms with van der Waals surface area (Å²) in [4.78, 5) is 14.5. The van der Waals surface area contributed by atoms with Crippen molar-refractivity contribution < 1.29 is 9.53 Å². The Morgan fingerprint density at radius 2 is 1.73 bits per heavy atom. The van der Waals surface area contributed by atoms with Gasteiger partial charge in [-0.05, 0) is 48.4 Å². The molecule has 0 N–H and O–H groups in total. The third-order valence-corrected chi connectivity index (χ3v) is 5.98. The first kappa shape index (κ1) is 18.8. The van der Waals surface area contributed by atoms with E-state index in [1.54, 1.807) is 18.9 Å². The van der Waals surface area contributed by atoms with Gasteiger partial charge in [-0.1, -0.05) is 42.5 Å². The van der Waals surface area contributed by atoms with Crippen molar-refractivity contribution >= 4 is 17.7 Å². The van der Waals surface area contributed by atoms with Gasteiger partial charge in [0.05, 0.1) is 12.9 Å². The van der Waals surface area contributed by atoms with Crippen LogP contribution >= 0.6 is 11.8 Å². The average Bonchev–Trinajstić information content (AvgIpc) is 2.70. The zero-order valence-electron chi connectivity index (χ0n) is 15.4. The maximum absolute atomic E-state index is 12.4. The van der Waals surface area contributed by atoms with E-state index in [1.165, 1.54) is 11.1 Å². The molecule has 1 aliphatic rings. The smallest absolute Gasteiger partial charge is 0.232 e. The van der Waals surface area contributed by atoms with Crippen LogP contribution in [-0.4, -0.2) is 36.8 Å². The zero-order chi connectivity index (χ0) is 18.2. The molecular formula is C22H27NO2S. The minimum Gasteiger partial charge on any atom is -0.497 e. The van der Waals surface area contributed by atoms with Gasteiger partial charge < -0.3 is 9.64 Å². The van der Waals surface area contributed by atoms with Crippen molar-refractivity contribution in [1.29, 1.82) is 0 Å². The van der Waals surface area contributed by atoms with Crippen molar-refractivity contribution in [2.45, 2.75) is 25.0 Å². The Kier molecular flexibility index (Phi) is 7.01. The normalized spacial score (nSPS) is 15.0. The van der Waals surface area contributed by atoms with Gasteiger partial charge in [0.15, 0.2) is 0 Å². The second-order valence-electron chi connectivity index (χ2n) is 6.85. The van der Waals surface area contributed by atoms with Gasteiger partial charge in [0.25, 0.3) is 0 Å². The third kappa shape index (κ3) is 5.53. The van der Waals surface area contributed by atoms with E-state index < -0.39 is 0 Å². The number of nitrogens with zero attached hydrogens (tertiary/aromatic N) is 1. The summed E-state index contributed by atoms with van der Waals surface area (Å²) in [6.07, 6.45) is 3.36. The van der Waals surface area contributed by atoms with Gasteiger partial charge in [0, 0.05) is 18.8 Å². The van der Waals surface area contributed by atoms with Crippen LogP contribution in [0.25, 0.3) is 0 Å². The van der Waals surface area contributed by atoms with E-state index in [4.69, 9.17) is 4.74 Å². The second-order valence-corrected chi connectivity index (χ2v) is 7.84. The Bertz CT molecular complexity index is 679. The minimum atomic E-state index is 0.279. The summed E-state index contributed by atoms with van der Waals surface area (Å²) in [6.45, 7) is 1.80. The molecule has 2 aromatic carbocycles. The van der Waals surface area contributed by atoms with Crippen molar-refractivity contribution in [3.63, 3.8) is 0 Å². The molecule has 26 heavy (non-hydrogen) atoms. The number of piperidine rings is 1. The summed E-state index contributed by atoms with van der Waals surface area (Å²) < 4.78 is 5.17. The first-order valence-corrected chi connectivity index (χ1v) is 10.4. The number of benzene rings is 2. The van der Waals surface area contributed by atoms with Crippen LogP contribution in [0.4, 0.5) is 0 Å². The van der Waals surface area contributed by atoms with Crippen LogP contribution in [0.5, 0.6) is 5.75 Å². The first-order valence-electron chi connectivity index (χ1n) is 9.27. The zero-order valence-corrected chi connectivity index (χ0v) is 16.2. The van der Waals surface area contributed by atoms with Crippen molar-refractivity contribution in [3.05, 3.63) is 65.7 Å². The molecule has 4 heteroatoms. The number of likely N-dealkylation sites (tertiary alicyclic amines) is 1. The highest BCUT2D eigenvalue weighted by Gasteiger charge is 2.22. The maximum atomic E-state index is 12.4. The van der Waals surface area contributed by atoms with Crippen LogP contribution in [0.15, 0.2) is 54.6 Å². The molecule has 1 amide bonds. The molecule has 0 saturated carbocycles. The number of hydrogen-bond donors (Lipinski definition) is 0. The Balaban J connectivity index is 1.36. The molecule has 138 valence electrons. The van der Waals surface area contributed by atoms with Crippen molar-refractivity contribution in [1.82, 2.24) is 4.90 Å². The summed E-state index contributed by atoms with van der Waals surface area (Å²) in [6, 6.07) is 18.7. The van der Waals surface area contributed by atoms with Crippen molar-refractivity contribution in [2.75, 3.05) is 26.0 Å². The van der Waals surface area contributed by atoms with E-state index in [0.717, 1.165) is 43.9 Å². The lowest BCUT2D eigenvalue weighted by atomic mass is 9.90. The standard InChI is InChI=1S/C22H27NO2S/c1-25-21-9-7-20(8-10-21)16-26-17-22(24)23-13-11-19(12-14-23)15-18-5-3-2-4-6-18/h2-10,19H,11-17H2,1H3. The number of carbonyl (C=O) groups is 1. The number of methoxy groups -OCH3 is 1. The molecule has 0 atom stereocenters. The van der Waals surface area contributed by atoms with Gasteiger partial charge in [-0.2, -0.15) is 0 Å². The highest BCUT2D eigenvalue weighted by Crippen LogP contribution is 2.23. The lowest BCUT2D eigenvalue weighted by Gasteiger charge is -2.32. The predicted molar refractivity (Wildman–Crippen MR) is 109 cm³/mol. The van der Waals surface area contributed by atoms with Crippen LogP contribution in [0.3, 0.4) is 0 Å². The number of carbonyl (C=O) groups excluding carboxylic acids is 1. The molecule has 0 aromatic heterocycles. The predicted octanol–water partition coefficient (Wildman–Crippen LogP) is 4.41. The number of thioether (sulfide) groups is 1. The molecule has 3 rings (SSSR count). The van der Waals surface area contributed by atoms with Crippen molar-refractivity contribution in [3.8, 4) is 5.75 Å². The summed E-state index contributed by atoms with van der Waals surface area (Å²) in [7, 11) is 1.67. The lowest BCUT2D eigenvalue weighted by Crippen LogP contribution is -2.39. The molecule has 1 aliphatic heterocycles. The fourth-order valence-corrected chi connectivity index (χ4v) is 4.29. The van der Waals surface area contributed by atoms with Gasteiger partial charge in [0.2, 0.25) is 5.91 Å². The molecule has 1 heterocycles. The van der Waals surface area contributed by atoms with Crippen LogP contribution in [-0.2, 0) is 17.0 Å². The average molecular weight is 370 g/mol. The van der Waals surface area contributed by atoms with E-state index >= 15 is 0 Å². The highest BCUT2D eigenvalue weighted by molar-refractivity contribution is 7.99. The molecule has 0 spiro atoms. The van der Waals surface area contributed by atoms with E-state index in [-0.39, 0.29) is 5.91 Å². The van der Waals surface area contributed by atoms with E-state index in [2.05, 4.69) is 42.5 Å². The molecule has 2 aromatic rings. The Morgan fingerprint density at radius 3 is 2.38 bits per heavy atom. The van der Waals surface area contributed by atoms with Gasteiger partial charge in [-0.25, -0.2) is 0 Å². The molecule has 0 aliphatic carbocycles. The fourth-order valence-electron chi connectivity index (χ4n) is 3.40. The third-order valence-electron chi connectivity index (χ3n) is 4.99. The number of ether oxygens (including phenoxy) is 1. The molecule has 3 nitrogen and oxygen atoms in total. The largest absolute Gasteiger partial charge is 0.497 e. The quantitative estimate of drug-likeness (QED) is 0.724. The molecular weight excluding hydrogens is 342 g/mol. The fraction of sp³-hybridized carbons (Fsp3) is 0.409. The monoisotopic (exact) mass is 369 g/mol. The second kappa shape index (κ2) is 9.67. The van der Waals surface area contributed by atoms with Crippen LogP contribution in [0.2, 0.25) is 0 Å². The minimum absolute atomic E-state index is 0.279. The summed E-state index contributed by atoms with van der Waals surface area (Å²) >= 11 is 1.69. The Morgan fingerprint density at radius 1 is 1.04 bits per heavy atom. The maximum Gasteiger partial charge on any atom is 0.232 e. The Labute approximate surface area is 160 Å². The molecule has 1 saturated heterocycles. The molecule has 0 bridgehead atoms. The summed E-state index contributed by atoms with van der Waals surface area (Å²) in [5.74, 6) is 3.28. The van der Waals surface area contributed by atoms with Gasteiger partial charge in [-0.3, -0.25) is 4.79 Å². The SMILES string of the molecule is COc1ccc(CSCC(=O)N2CCC(Cc3ccccc3)CC2)cc1. The highest BCUT2D eigenvalue weighted by atomic mass is 32.2. The number of amides is 1. The topological polar surface area (TPSA) is 29.5 Å². The number of rotatable bonds is 7. The van der Waals surface area contributed by atoms with E-state index in [0.29, 0.717) is 11.7 Å². The lowest BCUT2D eigenvalue weighted by molar-refractivity contribution is -0.129. The van der Waals surface area contributed by atoms with Gasteiger partial charge in [0.1, 0.15) is 5.75 Å².